The Bertz CT molecular complexity index is 720. The molecule has 1 aromatic carbocycles. The molecular weight excluding hydrogens is 372 g/mol. The van der Waals surface area contributed by atoms with Crippen LogP contribution >= 0.6 is 0 Å². The summed E-state index contributed by atoms with van der Waals surface area (Å²) < 4.78 is 43.7. The summed E-state index contributed by atoms with van der Waals surface area (Å²) in [6.07, 6.45) is 0.449. The van der Waals surface area contributed by atoms with Gasteiger partial charge in [-0.1, -0.05) is 0 Å². The molecule has 0 radical (unpaired) electrons. The number of carbonyl (C=O) groups is 1. The van der Waals surface area contributed by atoms with Gasteiger partial charge in [-0.3, -0.25) is 0 Å². The zero-order chi connectivity index (χ0) is 18.9. The zero-order valence-corrected chi connectivity index (χ0v) is 15.3. The molecule has 0 N–H and O–H groups in total. The van der Waals surface area contributed by atoms with Crippen molar-refractivity contribution in [2.75, 3.05) is 46.2 Å². The molecule has 9 nitrogen and oxygen atoms in total. The predicted octanol–water partition coefficient (Wildman–Crippen LogP) is 0.923. The molecule has 0 bridgehead atoms. The molecule has 0 amide bonds. The average molecular weight is 394 g/mol. The van der Waals surface area contributed by atoms with Crippen molar-refractivity contribution in [3.63, 3.8) is 0 Å². The summed E-state index contributed by atoms with van der Waals surface area (Å²) in [4.78, 5) is 12.8. The maximum absolute atomic E-state index is 12.8. The Labute approximate surface area is 161 Å². The van der Waals surface area contributed by atoms with Crippen molar-refractivity contribution in [2.24, 2.45) is 0 Å². The highest BCUT2D eigenvalue weighted by Gasteiger charge is 2.32. The van der Waals surface area contributed by atoms with E-state index in [0.29, 0.717) is 56.9 Å². The molecule has 0 saturated carbocycles. The van der Waals surface area contributed by atoms with E-state index in [1.165, 1.54) is 0 Å². The summed E-state index contributed by atoms with van der Waals surface area (Å²) in [5.41, 5.74) is 0.215. The van der Waals surface area contributed by atoms with Crippen LogP contribution in [0.4, 0.5) is 0 Å². The number of benzene rings is 1. The van der Waals surface area contributed by atoms with Gasteiger partial charge in [0, 0.05) is 18.6 Å². The van der Waals surface area contributed by atoms with Crippen molar-refractivity contribution in [3.05, 3.63) is 17.7 Å². The quantitative estimate of drug-likeness (QED) is 0.401. The summed E-state index contributed by atoms with van der Waals surface area (Å²) >= 11 is 0. The summed E-state index contributed by atoms with van der Waals surface area (Å²) in [5, 5.41) is 0. The predicted molar refractivity (Wildman–Crippen MR) is 91.9 cm³/mol. The number of esters is 1. The zero-order valence-electron chi connectivity index (χ0n) is 15.3. The minimum absolute atomic E-state index is 0.0336. The maximum Gasteiger partial charge on any atom is 0.345 e. The molecule has 0 aliphatic carbocycles. The van der Waals surface area contributed by atoms with Crippen LogP contribution in [0.1, 0.15) is 16.8 Å². The second-order valence-electron chi connectivity index (χ2n) is 7.09. The van der Waals surface area contributed by atoms with Crippen LogP contribution in [0.25, 0.3) is 0 Å². The number of hydrogen-bond donors (Lipinski definition) is 0. The first kappa shape index (κ1) is 18.0. The van der Waals surface area contributed by atoms with Gasteiger partial charge in [0.2, 0.25) is 6.29 Å². The molecule has 4 aliphatic rings. The summed E-state index contributed by atoms with van der Waals surface area (Å²) in [6.45, 7) is 3.52. The van der Waals surface area contributed by atoms with Crippen LogP contribution < -0.4 is 14.2 Å². The van der Waals surface area contributed by atoms with Crippen LogP contribution in [0.5, 0.6) is 17.2 Å². The van der Waals surface area contributed by atoms with Crippen LogP contribution in [0.3, 0.4) is 0 Å². The molecule has 28 heavy (non-hydrogen) atoms. The summed E-state index contributed by atoms with van der Waals surface area (Å²) in [7, 11) is 0. The molecule has 4 atom stereocenters. The van der Waals surface area contributed by atoms with E-state index in [-0.39, 0.29) is 30.5 Å². The van der Waals surface area contributed by atoms with E-state index in [0.717, 1.165) is 6.42 Å². The highest BCUT2D eigenvalue weighted by Crippen LogP contribution is 2.37. The number of epoxide rings is 3. The Balaban J connectivity index is 1.39. The number of carbonyl (C=O) groups excluding carboxylic acids is 1. The first-order chi connectivity index (χ1) is 13.7. The molecule has 4 saturated heterocycles. The maximum atomic E-state index is 12.8. The Hall–Kier alpha value is -2.07. The van der Waals surface area contributed by atoms with Crippen LogP contribution in [0.2, 0.25) is 0 Å². The molecule has 5 rings (SSSR count). The lowest BCUT2D eigenvalue weighted by Crippen LogP contribution is -2.33. The Morgan fingerprint density at radius 2 is 1.50 bits per heavy atom. The molecule has 4 fully saturated rings. The summed E-state index contributed by atoms with van der Waals surface area (Å²) in [6, 6.07) is 3.33. The second kappa shape index (κ2) is 7.75. The van der Waals surface area contributed by atoms with Gasteiger partial charge in [-0.05, 0) is 0 Å². The van der Waals surface area contributed by atoms with Gasteiger partial charge in [-0.2, -0.15) is 0 Å². The smallest absolute Gasteiger partial charge is 0.345 e. The van der Waals surface area contributed by atoms with Gasteiger partial charge < -0.3 is 37.9 Å². The lowest BCUT2D eigenvalue weighted by Gasteiger charge is -2.28. The lowest BCUT2D eigenvalue weighted by atomic mass is 10.1. The number of ether oxygens (including phenoxy) is 8. The fourth-order valence-electron chi connectivity index (χ4n) is 2.61. The minimum atomic E-state index is -0.534. The molecule has 4 heterocycles. The molecule has 4 unspecified atom stereocenters. The molecule has 4 aliphatic heterocycles. The highest BCUT2D eigenvalue weighted by atomic mass is 16.7. The average Bonchev–Trinajstić information content (AvgIpc) is 3.53. The molecule has 1 aromatic rings. The van der Waals surface area contributed by atoms with E-state index in [9.17, 15) is 4.79 Å². The fraction of sp³-hybridized carbons (Fsp3) is 0.632. The third kappa shape index (κ3) is 4.67. The van der Waals surface area contributed by atoms with Gasteiger partial charge in [-0.25, -0.2) is 4.79 Å². The Morgan fingerprint density at radius 1 is 0.893 bits per heavy atom. The van der Waals surface area contributed by atoms with Crippen molar-refractivity contribution in [1.29, 1.82) is 0 Å². The van der Waals surface area contributed by atoms with E-state index < -0.39 is 12.3 Å². The van der Waals surface area contributed by atoms with Gasteiger partial charge in [0.15, 0.2) is 0 Å². The van der Waals surface area contributed by atoms with E-state index in [4.69, 9.17) is 37.9 Å². The molecule has 0 spiro atoms. The van der Waals surface area contributed by atoms with Gasteiger partial charge in [0.05, 0.1) is 26.4 Å². The normalized spacial score (nSPS) is 29.4. The van der Waals surface area contributed by atoms with Crippen LogP contribution in [0, 0.1) is 0 Å². The fourth-order valence-corrected chi connectivity index (χ4v) is 2.61. The van der Waals surface area contributed by atoms with Crippen molar-refractivity contribution in [2.45, 2.75) is 31.0 Å². The van der Waals surface area contributed by atoms with E-state index in [1.54, 1.807) is 12.1 Å². The van der Waals surface area contributed by atoms with Gasteiger partial charge >= 0.3 is 5.97 Å². The lowest BCUT2D eigenvalue weighted by molar-refractivity contribution is -0.165. The van der Waals surface area contributed by atoms with Crippen molar-refractivity contribution in [1.82, 2.24) is 0 Å². The molecule has 0 aromatic heterocycles. The second-order valence-corrected chi connectivity index (χ2v) is 7.09. The van der Waals surface area contributed by atoms with Crippen molar-refractivity contribution in [3.8, 4) is 17.2 Å². The van der Waals surface area contributed by atoms with Gasteiger partial charge in [-0.15, -0.1) is 0 Å². The van der Waals surface area contributed by atoms with E-state index >= 15 is 0 Å². The largest absolute Gasteiger partial charge is 0.491 e. The van der Waals surface area contributed by atoms with Crippen LogP contribution in [-0.4, -0.2) is 76.8 Å². The topological polar surface area (TPSA) is 101 Å². The van der Waals surface area contributed by atoms with Crippen LogP contribution in [0.15, 0.2) is 12.1 Å². The molecular formula is C19H22O9. The SMILES string of the molecule is O=C(OCC1CO1)c1c(OCC2CO2)cc(OCC2CO2)cc1OC1CCO1. The Morgan fingerprint density at radius 3 is 2.11 bits per heavy atom. The first-order valence-corrected chi connectivity index (χ1v) is 9.48. The number of rotatable bonds is 11. The summed E-state index contributed by atoms with van der Waals surface area (Å²) in [5.74, 6) is 0.639. The van der Waals surface area contributed by atoms with Crippen molar-refractivity contribution >= 4 is 5.97 Å². The number of hydrogen-bond acceptors (Lipinski definition) is 9. The van der Waals surface area contributed by atoms with Crippen LogP contribution in [-0.2, 0) is 23.7 Å². The minimum Gasteiger partial charge on any atom is -0.491 e. The Kier molecular flexibility index (Phi) is 4.98. The highest BCUT2D eigenvalue weighted by molar-refractivity contribution is 5.96. The van der Waals surface area contributed by atoms with Crippen molar-refractivity contribution < 1.29 is 42.7 Å². The molecule has 9 heteroatoms. The third-order valence-electron chi connectivity index (χ3n) is 4.63. The monoisotopic (exact) mass is 394 g/mol. The first-order valence-electron chi connectivity index (χ1n) is 9.48. The van der Waals surface area contributed by atoms with Gasteiger partial charge in [0.1, 0.15) is 60.9 Å². The van der Waals surface area contributed by atoms with E-state index in [1.807, 2.05) is 0 Å². The van der Waals surface area contributed by atoms with E-state index in [2.05, 4.69) is 0 Å². The van der Waals surface area contributed by atoms with Gasteiger partial charge in [0.25, 0.3) is 0 Å². The standard InChI is InChI=1S/C19H22O9/c20-19(27-10-14-8-25-14)18-15(26-9-13-7-24-13)3-11(22-5-12-6-23-12)4-16(18)28-17-1-2-21-17/h3-4,12-14,17H,1-2,5-10H2. The third-order valence-corrected chi connectivity index (χ3v) is 4.63. The molecule has 152 valence electrons.